The lowest BCUT2D eigenvalue weighted by molar-refractivity contribution is -0.138. The summed E-state index contributed by atoms with van der Waals surface area (Å²) in [7, 11) is 1.92. The molecule has 0 spiro atoms. The number of aliphatic carboxylic acids is 1. The standard InChI is InChI=1S/C13H21N3O2/c1-15-9-12(8-14-15)4-6-16-5-2-3-11(10-16)7-13(17)18/h8-9,11H,2-7,10H2,1H3,(H,17,18). The molecule has 0 bridgehead atoms. The van der Waals surface area contributed by atoms with E-state index >= 15 is 0 Å². The lowest BCUT2D eigenvalue weighted by Gasteiger charge is -2.31. The van der Waals surface area contributed by atoms with Gasteiger partial charge in [-0.1, -0.05) is 0 Å². The first-order valence-corrected chi connectivity index (χ1v) is 6.55. The van der Waals surface area contributed by atoms with E-state index in [2.05, 4.69) is 10.00 Å². The summed E-state index contributed by atoms with van der Waals surface area (Å²) in [6.45, 7) is 3.02. The summed E-state index contributed by atoms with van der Waals surface area (Å²) in [4.78, 5) is 13.1. The summed E-state index contributed by atoms with van der Waals surface area (Å²) in [5, 5.41) is 13.0. The number of aromatic nitrogens is 2. The van der Waals surface area contributed by atoms with Crippen molar-refractivity contribution in [3.63, 3.8) is 0 Å². The third-order valence-corrected chi connectivity index (χ3v) is 3.54. The zero-order valence-electron chi connectivity index (χ0n) is 10.9. The van der Waals surface area contributed by atoms with Crippen molar-refractivity contribution in [3.8, 4) is 0 Å². The molecule has 1 aromatic rings. The van der Waals surface area contributed by atoms with Crippen LogP contribution in [0.15, 0.2) is 12.4 Å². The molecule has 5 heteroatoms. The molecule has 0 aromatic carbocycles. The fourth-order valence-corrected chi connectivity index (χ4v) is 2.66. The highest BCUT2D eigenvalue weighted by atomic mass is 16.4. The molecular weight excluding hydrogens is 230 g/mol. The van der Waals surface area contributed by atoms with E-state index in [9.17, 15) is 4.79 Å². The van der Waals surface area contributed by atoms with Gasteiger partial charge in [-0.3, -0.25) is 9.48 Å². The van der Waals surface area contributed by atoms with E-state index in [1.54, 1.807) is 0 Å². The zero-order valence-corrected chi connectivity index (χ0v) is 10.9. The van der Waals surface area contributed by atoms with Gasteiger partial charge in [-0.15, -0.1) is 0 Å². The molecule has 0 radical (unpaired) electrons. The number of carboxylic acid groups (broad SMARTS) is 1. The fourth-order valence-electron chi connectivity index (χ4n) is 2.66. The Morgan fingerprint density at radius 1 is 1.61 bits per heavy atom. The largest absolute Gasteiger partial charge is 0.481 e. The lowest BCUT2D eigenvalue weighted by Crippen LogP contribution is -2.37. The molecule has 1 atom stereocenters. The fraction of sp³-hybridized carbons (Fsp3) is 0.692. The minimum absolute atomic E-state index is 0.309. The number of hydrogen-bond donors (Lipinski definition) is 1. The first-order valence-electron chi connectivity index (χ1n) is 6.55. The van der Waals surface area contributed by atoms with Crippen LogP contribution in [0.3, 0.4) is 0 Å². The van der Waals surface area contributed by atoms with E-state index in [0.717, 1.165) is 38.9 Å². The van der Waals surface area contributed by atoms with Crippen molar-refractivity contribution in [1.82, 2.24) is 14.7 Å². The van der Waals surface area contributed by atoms with Crippen LogP contribution in [0, 0.1) is 5.92 Å². The molecular formula is C13H21N3O2. The van der Waals surface area contributed by atoms with Crippen LogP contribution in [0.5, 0.6) is 0 Å². The quantitative estimate of drug-likeness (QED) is 0.853. The number of rotatable bonds is 5. The van der Waals surface area contributed by atoms with Crippen LogP contribution in [-0.2, 0) is 18.3 Å². The van der Waals surface area contributed by atoms with Crippen molar-refractivity contribution in [3.05, 3.63) is 18.0 Å². The van der Waals surface area contributed by atoms with E-state index in [-0.39, 0.29) is 0 Å². The number of carboxylic acids is 1. The molecule has 1 aliphatic rings. The van der Waals surface area contributed by atoms with Crippen molar-refractivity contribution < 1.29 is 9.90 Å². The maximum Gasteiger partial charge on any atom is 0.303 e. The number of nitrogens with zero attached hydrogens (tertiary/aromatic N) is 3. The normalized spacial score (nSPS) is 21.1. The van der Waals surface area contributed by atoms with Gasteiger partial charge >= 0.3 is 5.97 Å². The molecule has 2 heterocycles. The molecule has 2 rings (SSSR count). The highest BCUT2D eigenvalue weighted by Crippen LogP contribution is 2.19. The third kappa shape index (κ3) is 3.84. The van der Waals surface area contributed by atoms with Crippen molar-refractivity contribution in [1.29, 1.82) is 0 Å². The Morgan fingerprint density at radius 2 is 2.44 bits per heavy atom. The van der Waals surface area contributed by atoms with Gasteiger partial charge in [0, 0.05) is 32.8 Å². The van der Waals surface area contributed by atoms with Gasteiger partial charge in [-0.05, 0) is 37.3 Å². The first-order chi connectivity index (χ1) is 8.63. The monoisotopic (exact) mass is 251 g/mol. The zero-order chi connectivity index (χ0) is 13.0. The van der Waals surface area contributed by atoms with Crippen molar-refractivity contribution in [2.24, 2.45) is 13.0 Å². The summed E-state index contributed by atoms with van der Waals surface area (Å²) in [6, 6.07) is 0. The van der Waals surface area contributed by atoms with Gasteiger partial charge < -0.3 is 10.0 Å². The van der Waals surface area contributed by atoms with Crippen LogP contribution < -0.4 is 0 Å². The molecule has 1 fully saturated rings. The van der Waals surface area contributed by atoms with Crippen LogP contribution in [0.25, 0.3) is 0 Å². The van der Waals surface area contributed by atoms with E-state index in [0.29, 0.717) is 12.3 Å². The minimum atomic E-state index is -0.672. The smallest absolute Gasteiger partial charge is 0.303 e. The molecule has 1 saturated heterocycles. The average Bonchev–Trinajstić information content (AvgIpc) is 2.72. The highest BCUT2D eigenvalue weighted by Gasteiger charge is 2.21. The number of carbonyl (C=O) groups is 1. The maximum atomic E-state index is 10.7. The lowest BCUT2D eigenvalue weighted by atomic mass is 9.94. The summed E-state index contributed by atoms with van der Waals surface area (Å²) >= 11 is 0. The summed E-state index contributed by atoms with van der Waals surface area (Å²) in [5.74, 6) is -0.348. The topological polar surface area (TPSA) is 58.4 Å². The maximum absolute atomic E-state index is 10.7. The predicted octanol–water partition coefficient (Wildman–Crippen LogP) is 1.15. The van der Waals surface area contributed by atoms with Crippen LogP contribution in [0.1, 0.15) is 24.8 Å². The Hall–Kier alpha value is -1.36. The molecule has 0 amide bonds. The van der Waals surface area contributed by atoms with Gasteiger partial charge in [0.2, 0.25) is 0 Å². The van der Waals surface area contributed by atoms with E-state index in [1.165, 1.54) is 5.56 Å². The second-order valence-electron chi connectivity index (χ2n) is 5.18. The van der Waals surface area contributed by atoms with Crippen LogP contribution >= 0.6 is 0 Å². The molecule has 0 saturated carbocycles. The summed E-state index contributed by atoms with van der Waals surface area (Å²) in [5.41, 5.74) is 1.25. The first kappa shape index (κ1) is 13.1. The van der Waals surface area contributed by atoms with Gasteiger partial charge in [0.05, 0.1) is 6.20 Å². The molecule has 1 N–H and O–H groups in total. The van der Waals surface area contributed by atoms with Gasteiger partial charge in [0.25, 0.3) is 0 Å². The highest BCUT2D eigenvalue weighted by molar-refractivity contribution is 5.67. The van der Waals surface area contributed by atoms with Crippen LogP contribution in [0.2, 0.25) is 0 Å². The van der Waals surface area contributed by atoms with Crippen molar-refractivity contribution >= 4 is 5.97 Å². The summed E-state index contributed by atoms with van der Waals surface area (Å²) in [6.07, 6.45) is 7.41. The Labute approximate surface area is 107 Å². The molecule has 100 valence electrons. The van der Waals surface area contributed by atoms with E-state index in [1.807, 2.05) is 24.1 Å². The molecule has 0 aliphatic carbocycles. The molecule has 1 aliphatic heterocycles. The van der Waals surface area contributed by atoms with E-state index < -0.39 is 5.97 Å². The number of hydrogen-bond acceptors (Lipinski definition) is 3. The second kappa shape index (κ2) is 6.00. The molecule has 1 unspecified atom stereocenters. The Kier molecular flexibility index (Phi) is 4.36. The minimum Gasteiger partial charge on any atom is -0.481 e. The van der Waals surface area contributed by atoms with Gasteiger partial charge in [0.1, 0.15) is 0 Å². The average molecular weight is 251 g/mol. The Morgan fingerprint density at radius 3 is 3.11 bits per heavy atom. The van der Waals surface area contributed by atoms with Crippen LogP contribution in [-0.4, -0.2) is 45.4 Å². The SMILES string of the molecule is Cn1cc(CCN2CCCC(CC(=O)O)C2)cn1. The Bertz CT molecular complexity index is 403. The second-order valence-corrected chi connectivity index (χ2v) is 5.18. The van der Waals surface area contributed by atoms with Crippen molar-refractivity contribution in [2.75, 3.05) is 19.6 Å². The van der Waals surface area contributed by atoms with E-state index in [4.69, 9.17) is 5.11 Å². The van der Waals surface area contributed by atoms with Crippen LogP contribution in [0.4, 0.5) is 0 Å². The predicted molar refractivity (Wildman–Crippen MR) is 68.3 cm³/mol. The number of piperidine rings is 1. The third-order valence-electron chi connectivity index (χ3n) is 3.54. The number of aryl methyl sites for hydroxylation is 1. The summed E-state index contributed by atoms with van der Waals surface area (Å²) < 4.78 is 1.82. The number of likely N-dealkylation sites (tertiary alicyclic amines) is 1. The van der Waals surface area contributed by atoms with Gasteiger partial charge in [-0.2, -0.15) is 5.10 Å². The molecule has 5 nitrogen and oxygen atoms in total. The van der Waals surface area contributed by atoms with Gasteiger partial charge in [-0.25, -0.2) is 0 Å². The van der Waals surface area contributed by atoms with Gasteiger partial charge in [0.15, 0.2) is 0 Å². The Balaban J connectivity index is 1.77. The molecule has 18 heavy (non-hydrogen) atoms. The van der Waals surface area contributed by atoms with Crippen molar-refractivity contribution in [2.45, 2.75) is 25.7 Å². The molecule has 1 aromatic heterocycles.